The molecule has 2 aromatic rings. The van der Waals surface area contributed by atoms with Crippen LogP contribution in [0.1, 0.15) is 22.3 Å². The van der Waals surface area contributed by atoms with Crippen LogP contribution >= 0.6 is 11.3 Å². The summed E-state index contributed by atoms with van der Waals surface area (Å²) >= 11 is 1.02. The Morgan fingerprint density at radius 1 is 1.58 bits per heavy atom. The lowest BCUT2D eigenvalue weighted by Gasteiger charge is -1.98. The van der Waals surface area contributed by atoms with E-state index in [0.717, 1.165) is 11.3 Å². The van der Waals surface area contributed by atoms with E-state index in [9.17, 15) is 14.7 Å². The van der Waals surface area contributed by atoms with Gasteiger partial charge in [-0.05, 0) is 19.9 Å². The van der Waals surface area contributed by atoms with E-state index in [4.69, 9.17) is 4.74 Å². The second-order valence-electron chi connectivity index (χ2n) is 3.72. The zero-order chi connectivity index (χ0) is 14.0. The number of H-pyrrole nitrogens is 1. The molecule has 19 heavy (non-hydrogen) atoms. The summed E-state index contributed by atoms with van der Waals surface area (Å²) in [7, 11) is 0. The number of hydrogen-bond acceptors (Lipinski definition) is 6. The third-order valence-corrected chi connectivity index (χ3v) is 3.57. The van der Waals surface area contributed by atoms with Crippen LogP contribution in [0.5, 0.6) is 5.75 Å². The van der Waals surface area contributed by atoms with Crippen molar-refractivity contribution in [3.8, 4) is 16.3 Å². The summed E-state index contributed by atoms with van der Waals surface area (Å²) in [6.45, 7) is 3.63. The molecule has 2 N–H and O–H groups in total. The molecule has 0 unspecified atom stereocenters. The van der Waals surface area contributed by atoms with E-state index in [-0.39, 0.29) is 17.9 Å². The summed E-state index contributed by atoms with van der Waals surface area (Å²) in [4.78, 5) is 30.3. The average Bonchev–Trinajstić information content (AvgIpc) is 2.71. The van der Waals surface area contributed by atoms with Crippen LogP contribution in [0.2, 0.25) is 0 Å². The van der Waals surface area contributed by atoms with E-state index >= 15 is 0 Å². The fraction of sp³-hybridized carbons (Fsp3) is 0.250. The maximum atomic E-state index is 11.7. The van der Waals surface area contributed by atoms with E-state index in [1.807, 2.05) is 0 Å². The number of nitrogens with one attached hydrogen (secondary N) is 1. The molecule has 0 fully saturated rings. The lowest BCUT2D eigenvalue weighted by atomic mass is 10.2. The largest absolute Gasteiger partial charge is 0.507 e. The Balaban J connectivity index is 2.51. The predicted molar refractivity (Wildman–Crippen MR) is 70.5 cm³/mol. The van der Waals surface area contributed by atoms with Crippen LogP contribution in [0.15, 0.2) is 17.1 Å². The number of aromatic amines is 1. The van der Waals surface area contributed by atoms with E-state index in [1.54, 1.807) is 13.8 Å². The molecular formula is C12H12N2O4S. The molecule has 0 saturated carbocycles. The fourth-order valence-corrected chi connectivity index (χ4v) is 2.58. The molecular weight excluding hydrogens is 268 g/mol. The first-order chi connectivity index (χ1) is 9.04. The van der Waals surface area contributed by atoms with Crippen molar-refractivity contribution in [2.24, 2.45) is 0 Å². The zero-order valence-corrected chi connectivity index (χ0v) is 11.2. The minimum atomic E-state index is -0.476. The number of pyridine rings is 1. The highest BCUT2D eigenvalue weighted by Gasteiger charge is 2.20. The van der Waals surface area contributed by atoms with Crippen molar-refractivity contribution in [1.82, 2.24) is 9.97 Å². The van der Waals surface area contributed by atoms with Crippen molar-refractivity contribution in [2.45, 2.75) is 13.8 Å². The molecule has 2 heterocycles. The van der Waals surface area contributed by atoms with E-state index in [1.165, 1.54) is 12.3 Å². The van der Waals surface area contributed by atoms with Crippen molar-refractivity contribution in [1.29, 1.82) is 0 Å². The van der Waals surface area contributed by atoms with Gasteiger partial charge in [-0.25, -0.2) is 9.78 Å². The molecule has 7 heteroatoms. The number of carbonyl (C=O) groups excluding carboxylic acids is 1. The van der Waals surface area contributed by atoms with E-state index in [2.05, 4.69) is 9.97 Å². The average molecular weight is 280 g/mol. The Morgan fingerprint density at radius 2 is 2.32 bits per heavy atom. The van der Waals surface area contributed by atoms with Crippen molar-refractivity contribution in [3.05, 3.63) is 33.2 Å². The van der Waals surface area contributed by atoms with Gasteiger partial charge < -0.3 is 14.8 Å². The van der Waals surface area contributed by atoms with Gasteiger partial charge in [0, 0.05) is 6.20 Å². The summed E-state index contributed by atoms with van der Waals surface area (Å²) in [6.07, 6.45) is 1.34. The quantitative estimate of drug-likeness (QED) is 0.835. The normalized spacial score (nSPS) is 10.4. The van der Waals surface area contributed by atoms with Gasteiger partial charge in [0.25, 0.3) is 5.56 Å². The van der Waals surface area contributed by atoms with Crippen LogP contribution < -0.4 is 5.56 Å². The van der Waals surface area contributed by atoms with E-state index in [0.29, 0.717) is 15.6 Å². The van der Waals surface area contributed by atoms with Gasteiger partial charge in [0.05, 0.1) is 12.3 Å². The number of rotatable bonds is 3. The highest BCUT2D eigenvalue weighted by atomic mass is 32.1. The molecule has 0 aliphatic heterocycles. The number of aryl methyl sites for hydroxylation is 1. The molecule has 0 amide bonds. The fourth-order valence-electron chi connectivity index (χ4n) is 1.56. The Labute approximate surface area is 112 Å². The summed E-state index contributed by atoms with van der Waals surface area (Å²) in [5.41, 5.74) is 0.0800. The van der Waals surface area contributed by atoms with Gasteiger partial charge in [-0.1, -0.05) is 0 Å². The van der Waals surface area contributed by atoms with Crippen LogP contribution in [0, 0.1) is 6.92 Å². The lowest BCUT2D eigenvalue weighted by molar-refractivity contribution is 0.0531. The van der Waals surface area contributed by atoms with Crippen LogP contribution in [0.25, 0.3) is 10.6 Å². The lowest BCUT2D eigenvalue weighted by Crippen LogP contribution is -2.07. The number of hydrogen-bond donors (Lipinski definition) is 2. The van der Waals surface area contributed by atoms with Crippen molar-refractivity contribution in [2.75, 3.05) is 6.61 Å². The first kappa shape index (κ1) is 13.3. The van der Waals surface area contributed by atoms with Gasteiger partial charge in [-0.3, -0.25) is 4.79 Å². The standard InChI is InChI=1S/C12H12N2O4S/c1-3-18-12(17)9-6(2)14-11(19-9)8-7(15)4-5-13-10(8)16/h4-5H,3H2,1-2H3,(H2,13,15,16). The number of nitrogens with zero attached hydrogens (tertiary/aromatic N) is 1. The molecule has 0 spiro atoms. The maximum absolute atomic E-state index is 11.7. The second-order valence-corrected chi connectivity index (χ2v) is 4.72. The first-order valence-electron chi connectivity index (χ1n) is 5.60. The van der Waals surface area contributed by atoms with Crippen molar-refractivity contribution >= 4 is 17.3 Å². The minimum Gasteiger partial charge on any atom is -0.507 e. The molecule has 0 atom stereocenters. The molecule has 0 aliphatic carbocycles. The summed E-state index contributed by atoms with van der Waals surface area (Å²) < 4.78 is 4.90. The van der Waals surface area contributed by atoms with Crippen LogP contribution in [0.3, 0.4) is 0 Å². The smallest absolute Gasteiger partial charge is 0.350 e. The Bertz CT molecular complexity index is 675. The van der Waals surface area contributed by atoms with Crippen LogP contribution in [-0.2, 0) is 4.74 Å². The first-order valence-corrected chi connectivity index (χ1v) is 6.41. The summed E-state index contributed by atoms with van der Waals surface area (Å²) in [5, 5.41) is 10.0. The van der Waals surface area contributed by atoms with Crippen LogP contribution in [0.4, 0.5) is 0 Å². The number of aromatic hydroxyl groups is 1. The van der Waals surface area contributed by atoms with Crippen molar-refractivity contribution in [3.63, 3.8) is 0 Å². The second kappa shape index (κ2) is 5.23. The Kier molecular flexibility index (Phi) is 3.66. The molecule has 0 bridgehead atoms. The number of aromatic nitrogens is 2. The highest BCUT2D eigenvalue weighted by Crippen LogP contribution is 2.31. The number of esters is 1. The Morgan fingerprint density at radius 3 is 2.95 bits per heavy atom. The van der Waals surface area contributed by atoms with Gasteiger partial charge in [0.2, 0.25) is 0 Å². The molecule has 0 aliphatic rings. The van der Waals surface area contributed by atoms with Gasteiger partial charge >= 0.3 is 5.97 Å². The topological polar surface area (TPSA) is 92.3 Å². The summed E-state index contributed by atoms with van der Waals surface area (Å²) in [5.74, 6) is -0.650. The van der Waals surface area contributed by atoms with Gasteiger partial charge in [0.15, 0.2) is 0 Å². The zero-order valence-electron chi connectivity index (χ0n) is 10.4. The summed E-state index contributed by atoms with van der Waals surface area (Å²) in [6, 6.07) is 1.36. The molecule has 2 rings (SSSR count). The predicted octanol–water partition coefficient (Wildman–Crippen LogP) is 1.69. The number of thiazole rings is 1. The third-order valence-electron chi connectivity index (χ3n) is 2.41. The number of ether oxygens (including phenoxy) is 1. The maximum Gasteiger partial charge on any atom is 0.350 e. The van der Waals surface area contributed by atoms with Crippen molar-refractivity contribution < 1.29 is 14.6 Å². The molecule has 0 radical (unpaired) electrons. The SMILES string of the molecule is CCOC(=O)c1sc(-c2c(O)cc[nH]c2=O)nc1C. The van der Waals surface area contributed by atoms with Gasteiger partial charge in [0.1, 0.15) is 21.2 Å². The van der Waals surface area contributed by atoms with E-state index < -0.39 is 11.5 Å². The van der Waals surface area contributed by atoms with Crippen LogP contribution in [-0.4, -0.2) is 27.7 Å². The molecule has 0 aromatic carbocycles. The minimum absolute atomic E-state index is 0.0612. The van der Waals surface area contributed by atoms with Gasteiger partial charge in [-0.2, -0.15) is 0 Å². The Hall–Kier alpha value is -2.15. The monoisotopic (exact) mass is 280 g/mol. The highest BCUT2D eigenvalue weighted by molar-refractivity contribution is 7.17. The number of carbonyl (C=O) groups is 1. The molecule has 0 saturated heterocycles. The molecule has 100 valence electrons. The molecule has 2 aromatic heterocycles. The van der Waals surface area contributed by atoms with Gasteiger partial charge in [-0.15, -0.1) is 11.3 Å². The third kappa shape index (κ3) is 2.50. The molecule has 6 nitrogen and oxygen atoms in total.